The van der Waals surface area contributed by atoms with Crippen molar-refractivity contribution in [1.82, 2.24) is 15.6 Å². The maximum Gasteiger partial charge on any atom is 0.224 e. The fourth-order valence-corrected chi connectivity index (χ4v) is 4.04. The van der Waals surface area contributed by atoms with E-state index >= 15 is 0 Å². The van der Waals surface area contributed by atoms with E-state index in [2.05, 4.69) is 15.6 Å². The molecule has 1 aromatic heterocycles. The monoisotopic (exact) mass is 381 g/mol. The molecule has 2 atom stereocenters. The van der Waals surface area contributed by atoms with Crippen molar-refractivity contribution in [3.63, 3.8) is 0 Å². The molecule has 1 aliphatic heterocycles. The Bertz CT molecular complexity index is 521. The van der Waals surface area contributed by atoms with Crippen LogP contribution in [0.3, 0.4) is 0 Å². The minimum absolute atomic E-state index is 0. The van der Waals surface area contributed by atoms with Crippen LogP contribution in [0.4, 0.5) is 0 Å². The standard InChI is InChI=1S/C15H23N3O2S.2ClH/c1-10(20-2)14-18-11(9-21-14)8-17-13(19)12-7-15(12)3-5-16-6-4-15;;/h9-10,12,16H,3-8H2,1-2H3,(H,17,19);2*1H. The van der Waals surface area contributed by atoms with Gasteiger partial charge in [-0.3, -0.25) is 4.79 Å². The molecule has 0 bridgehead atoms. The Morgan fingerprint density at radius 2 is 2.22 bits per heavy atom. The number of hydrogen-bond acceptors (Lipinski definition) is 5. The van der Waals surface area contributed by atoms with Gasteiger partial charge >= 0.3 is 0 Å². The summed E-state index contributed by atoms with van der Waals surface area (Å²) in [7, 11) is 1.68. The molecule has 5 nitrogen and oxygen atoms in total. The highest BCUT2D eigenvalue weighted by Crippen LogP contribution is 2.58. The van der Waals surface area contributed by atoms with Crippen LogP contribution in [0, 0.1) is 11.3 Å². The summed E-state index contributed by atoms with van der Waals surface area (Å²) >= 11 is 1.58. The normalized spacial score (nSPS) is 22.6. The highest BCUT2D eigenvalue weighted by atomic mass is 35.5. The van der Waals surface area contributed by atoms with E-state index in [0.29, 0.717) is 12.0 Å². The van der Waals surface area contributed by atoms with E-state index in [-0.39, 0.29) is 42.7 Å². The summed E-state index contributed by atoms with van der Waals surface area (Å²) in [5.74, 6) is 0.418. The van der Waals surface area contributed by atoms with Crippen molar-refractivity contribution in [3.8, 4) is 0 Å². The summed E-state index contributed by atoms with van der Waals surface area (Å²) in [5.41, 5.74) is 1.22. The Kier molecular flexibility index (Phi) is 7.74. The van der Waals surface area contributed by atoms with E-state index in [1.54, 1.807) is 18.4 Å². The molecule has 1 spiro atoms. The Hall–Kier alpha value is -0.400. The maximum absolute atomic E-state index is 12.3. The number of methoxy groups -OCH3 is 1. The topological polar surface area (TPSA) is 63.2 Å². The van der Waals surface area contributed by atoms with Crippen molar-refractivity contribution in [2.45, 2.75) is 38.8 Å². The molecule has 2 fully saturated rings. The van der Waals surface area contributed by atoms with Crippen LogP contribution in [0.15, 0.2) is 5.38 Å². The van der Waals surface area contributed by atoms with Gasteiger partial charge in [0.25, 0.3) is 0 Å². The zero-order valence-electron chi connectivity index (χ0n) is 13.5. The van der Waals surface area contributed by atoms with Gasteiger partial charge in [-0.05, 0) is 44.7 Å². The molecule has 3 rings (SSSR count). The van der Waals surface area contributed by atoms with E-state index < -0.39 is 0 Å². The van der Waals surface area contributed by atoms with Crippen molar-refractivity contribution >= 4 is 42.1 Å². The van der Waals surface area contributed by atoms with Gasteiger partial charge < -0.3 is 15.4 Å². The smallest absolute Gasteiger partial charge is 0.224 e. The van der Waals surface area contributed by atoms with Gasteiger partial charge in [0.05, 0.1) is 12.2 Å². The Morgan fingerprint density at radius 1 is 1.52 bits per heavy atom. The van der Waals surface area contributed by atoms with Crippen LogP contribution in [-0.4, -0.2) is 31.1 Å². The average molecular weight is 382 g/mol. The number of halogens is 2. The number of carbonyl (C=O) groups excluding carboxylic acids is 1. The Balaban J connectivity index is 0.00000132. The Labute approximate surface area is 153 Å². The molecule has 8 heteroatoms. The van der Waals surface area contributed by atoms with Crippen LogP contribution in [0.5, 0.6) is 0 Å². The minimum Gasteiger partial charge on any atom is -0.375 e. The number of rotatable bonds is 5. The van der Waals surface area contributed by atoms with Crippen LogP contribution in [-0.2, 0) is 16.1 Å². The third-order valence-corrected chi connectivity index (χ3v) is 5.87. The molecule has 1 saturated heterocycles. The zero-order valence-corrected chi connectivity index (χ0v) is 15.9. The summed E-state index contributed by atoms with van der Waals surface area (Å²) < 4.78 is 5.25. The van der Waals surface area contributed by atoms with Crippen LogP contribution >= 0.6 is 36.2 Å². The second kappa shape index (κ2) is 8.62. The first kappa shape index (κ1) is 20.6. The predicted octanol–water partition coefficient (Wildman–Crippen LogP) is 2.70. The molecule has 1 aromatic rings. The van der Waals surface area contributed by atoms with Crippen molar-refractivity contribution in [3.05, 3.63) is 16.1 Å². The summed E-state index contributed by atoms with van der Waals surface area (Å²) in [6.07, 6.45) is 3.35. The Morgan fingerprint density at radius 3 is 2.87 bits per heavy atom. The largest absolute Gasteiger partial charge is 0.375 e. The zero-order chi connectivity index (χ0) is 14.9. The van der Waals surface area contributed by atoms with Gasteiger partial charge in [-0.1, -0.05) is 0 Å². The lowest BCUT2D eigenvalue weighted by atomic mass is 9.92. The van der Waals surface area contributed by atoms with E-state index in [0.717, 1.165) is 43.1 Å². The number of thiazole rings is 1. The first-order valence-electron chi connectivity index (χ1n) is 7.60. The lowest BCUT2D eigenvalue weighted by Crippen LogP contribution is -2.33. The average Bonchev–Trinajstić information content (AvgIpc) is 2.99. The predicted molar refractivity (Wildman–Crippen MR) is 96.5 cm³/mol. The van der Waals surface area contributed by atoms with E-state index in [9.17, 15) is 4.79 Å². The number of hydrogen-bond donors (Lipinski definition) is 2. The number of ether oxygens (including phenoxy) is 1. The SMILES string of the molecule is COC(C)c1nc(CNC(=O)C2CC23CCNCC3)cs1.Cl.Cl. The molecule has 23 heavy (non-hydrogen) atoms. The molecule has 0 aromatic carbocycles. The lowest BCUT2D eigenvalue weighted by molar-refractivity contribution is -0.123. The molecule has 2 unspecified atom stereocenters. The highest BCUT2D eigenvalue weighted by Gasteiger charge is 2.57. The summed E-state index contributed by atoms with van der Waals surface area (Å²) in [6, 6.07) is 0. The second-order valence-corrected chi connectivity index (χ2v) is 7.03. The third kappa shape index (κ3) is 4.57. The van der Waals surface area contributed by atoms with Crippen LogP contribution < -0.4 is 10.6 Å². The molecule has 2 aliphatic rings. The fraction of sp³-hybridized carbons (Fsp3) is 0.733. The van der Waals surface area contributed by atoms with Crippen LogP contribution in [0.1, 0.15) is 43.0 Å². The number of amides is 1. The number of aromatic nitrogens is 1. The number of piperidine rings is 1. The van der Waals surface area contributed by atoms with Gasteiger partial charge in [-0.15, -0.1) is 36.2 Å². The van der Waals surface area contributed by atoms with E-state index in [4.69, 9.17) is 4.74 Å². The van der Waals surface area contributed by atoms with Crippen molar-refractivity contribution in [2.75, 3.05) is 20.2 Å². The lowest BCUT2D eigenvalue weighted by Gasteiger charge is -2.23. The third-order valence-electron chi connectivity index (χ3n) is 4.82. The molecule has 1 saturated carbocycles. The van der Waals surface area contributed by atoms with Crippen LogP contribution in [0.25, 0.3) is 0 Å². The van der Waals surface area contributed by atoms with Crippen molar-refractivity contribution in [1.29, 1.82) is 0 Å². The molecular weight excluding hydrogens is 357 g/mol. The molecule has 1 aliphatic carbocycles. The van der Waals surface area contributed by atoms with Gasteiger partial charge in [0.1, 0.15) is 11.1 Å². The molecule has 132 valence electrons. The van der Waals surface area contributed by atoms with Crippen LogP contribution in [0.2, 0.25) is 0 Å². The molecule has 0 radical (unpaired) electrons. The molecule has 1 amide bonds. The maximum atomic E-state index is 12.3. The van der Waals surface area contributed by atoms with Gasteiger partial charge in [0.15, 0.2) is 0 Å². The van der Waals surface area contributed by atoms with Gasteiger partial charge in [0.2, 0.25) is 5.91 Å². The summed E-state index contributed by atoms with van der Waals surface area (Å²) in [4.78, 5) is 16.8. The van der Waals surface area contributed by atoms with Gasteiger partial charge in [-0.2, -0.15) is 0 Å². The quantitative estimate of drug-likeness (QED) is 0.822. The van der Waals surface area contributed by atoms with E-state index in [1.807, 2.05) is 12.3 Å². The highest BCUT2D eigenvalue weighted by molar-refractivity contribution is 7.09. The number of nitrogens with one attached hydrogen (secondary N) is 2. The molecule has 2 N–H and O–H groups in total. The van der Waals surface area contributed by atoms with Gasteiger partial charge in [0, 0.05) is 18.4 Å². The van der Waals surface area contributed by atoms with Crippen molar-refractivity contribution < 1.29 is 9.53 Å². The molecular formula is C15H25Cl2N3O2S. The summed E-state index contributed by atoms with van der Waals surface area (Å²) in [6.45, 7) is 4.60. The van der Waals surface area contributed by atoms with Crippen molar-refractivity contribution in [2.24, 2.45) is 11.3 Å². The molecule has 2 heterocycles. The summed E-state index contributed by atoms with van der Waals surface area (Å²) in [5, 5.41) is 9.37. The second-order valence-electron chi connectivity index (χ2n) is 6.14. The van der Waals surface area contributed by atoms with E-state index in [1.165, 1.54) is 0 Å². The number of nitrogens with zero attached hydrogens (tertiary/aromatic N) is 1. The van der Waals surface area contributed by atoms with Gasteiger partial charge in [-0.25, -0.2) is 4.98 Å². The minimum atomic E-state index is 0. The number of carbonyl (C=O) groups is 1. The first-order valence-corrected chi connectivity index (χ1v) is 8.48. The fourth-order valence-electron chi connectivity index (χ4n) is 3.19. The first-order chi connectivity index (χ1) is 10.1.